The van der Waals surface area contributed by atoms with Crippen LogP contribution >= 0.6 is 0 Å². The lowest BCUT2D eigenvalue weighted by Crippen LogP contribution is -2.15. The van der Waals surface area contributed by atoms with E-state index in [2.05, 4.69) is 29.6 Å². The third-order valence-electron chi connectivity index (χ3n) is 3.58. The summed E-state index contributed by atoms with van der Waals surface area (Å²) >= 11 is 0. The molecule has 1 heterocycles. The molecule has 3 heteroatoms. The molecule has 0 bridgehead atoms. The number of methoxy groups -OCH3 is 1. The van der Waals surface area contributed by atoms with Gasteiger partial charge in [0.15, 0.2) is 0 Å². The molecule has 1 aliphatic carbocycles. The van der Waals surface area contributed by atoms with Crippen molar-refractivity contribution in [3.05, 3.63) is 29.8 Å². The monoisotopic (exact) mass is 267 g/mol. The topological polar surface area (TPSA) is 52.8 Å². The molecule has 0 atom stereocenters. The van der Waals surface area contributed by atoms with Gasteiger partial charge in [0.25, 0.3) is 0 Å². The van der Waals surface area contributed by atoms with E-state index in [1.54, 1.807) is 12.7 Å². The van der Waals surface area contributed by atoms with Crippen molar-refractivity contribution in [3.8, 4) is 0 Å². The fraction of sp³-hybridized carbons (Fsp3) is 0.625. The van der Waals surface area contributed by atoms with E-state index in [4.69, 9.17) is 4.74 Å². The molecule has 3 rings (SSSR count). The van der Waals surface area contributed by atoms with Gasteiger partial charge in [-0.15, -0.1) is 0 Å². The first-order valence-corrected chi connectivity index (χ1v) is 6.35. The Bertz CT molecular complexity index is 392. The second-order valence-corrected chi connectivity index (χ2v) is 6.00. The highest BCUT2D eigenvalue weighted by molar-refractivity contribution is 5.62. The standard InChI is InChI=1S/C10H11N.C5H12O.CH4.H2O/c1-2-4-9-8(3-1)10(5-6-10)7-11-9;1-5(2,3)6-4;;/h1-4,11H,5-7H2;1-4H3;1H4;1H2. The summed E-state index contributed by atoms with van der Waals surface area (Å²) in [5.74, 6) is 0. The van der Waals surface area contributed by atoms with Crippen molar-refractivity contribution in [2.24, 2.45) is 0 Å². The van der Waals surface area contributed by atoms with Crippen molar-refractivity contribution in [1.29, 1.82) is 0 Å². The smallest absolute Gasteiger partial charge is 0.0594 e. The van der Waals surface area contributed by atoms with Crippen LogP contribution in [0.5, 0.6) is 0 Å². The third kappa shape index (κ3) is 4.22. The maximum absolute atomic E-state index is 4.94. The molecule has 0 unspecified atom stereocenters. The van der Waals surface area contributed by atoms with Crippen molar-refractivity contribution in [2.75, 3.05) is 19.0 Å². The Hall–Kier alpha value is -1.06. The van der Waals surface area contributed by atoms with E-state index in [1.807, 2.05) is 20.8 Å². The lowest BCUT2D eigenvalue weighted by atomic mass is 9.99. The van der Waals surface area contributed by atoms with Gasteiger partial charge in [-0.05, 0) is 45.2 Å². The Labute approximate surface area is 117 Å². The Balaban J connectivity index is 0.000000362. The van der Waals surface area contributed by atoms with Crippen LogP contribution in [0, 0.1) is 0 Å². The van der Waals surface area contributed by atoms with E-state index in [-0.39, 0.29) is 18.5 Å². The van der Waals surface area contributed by atoms with Crippen LogP contribution in [0.3, 0.4) is 0 Å². The number of hydrogen-bond donors (Lipinski definition) is 1. The highest BCUT2D eigenvalue weighted by Crippen LogP contribution is 2.53. The van der Waals surface area contributed by atoms with Crippen molar-refractivity contribution in [3.63, 3.8) is 0 Å². The normalized spacial score (nSPS) is 17.1. The van der Waals surface area contributed by atoms with E-state index >= 15 is 0 Å². The molecule has 1 aromatic rings. The van der Waals surface area contributed by atoms with E-state index < -0.39 is 0 Å². The lowest BCUT2D eigenvalue weighted by molar-refractivity contribution is 0.0397. The second kappa shape index (κ2) is 6.40. The minimum atomic E-state index is 0. The Kier molecular flexibility index (Phi) is 6.04. The molecule has 110 valence electrons. The number of ether oxygens (including phenoxy) is 1. The number of fused-ring (bicyclic) bond motifs is 2. The van der Waals surface area contributed by atoms with Gasteiger partial charge in [-0.2, -0.15) is 0 Å². The van der Waals surface area contributed by atoms with Crippen LogP contribution < -0.4 is 5.32 Å². The van der Waals surface area contributed by atoms with Gasteiger partial charge < -0.3 is 15.5 Å². The predicted octanol–water partition coefficient (Wildman–Crippen LogP) is 3.39. The maximum atomic E-state index is 4.94. The quantitative estimate of drug-likeness (QED) is 0.783. The van der Waals surface area contributed by atoms with E-state index in [0.29, 0.717) is 5.41 Å². The number of benzene rings is 1. The summed E-state index contributed by atoms with van der Waals surface area (Å²) in [5.41, 5.74) is 3.53. The molecule has 0 aromatic heterocycles. The summed E-state index contributed by atoms with van der Waals surface area (Å²) in [6, 6.07) is 8.70. The minimum Gasteiger partial charge on any atom is -0.412 e. The van der Waals surface area contributed by atoms with Gasteiger partial charge in [0, 0.05) is 24.8 Å². The van der Waals surface area contributed by atoms with Gasteiger partial charge >= 0.3 is 0 Å². The molecular formula is C16H29NO2. The van der Waals surface area contributed by atoms with Gasteiger partial charge in [-0.25, -0.2) is 0 Å². The van der Waals surface area contributed by atoms with Crippen LogP contribution in [0.1, 0.15) is 46.6 Å². The average molecular weight is 267 g/mol. The zero-order chi connectivity index (χ0) is 12.5. The molecule has 1 fully saturated rings. The van der Waals surface area contributed by atoms with Crippen LogP contribution in [-0.2, 0) is 10.2 Å². The predicted molar refractivity (Wildman–Crippen MR) is 83.0 cm³/mol. The Morgan fingerprint density at radius 1 is 1.16 bits per heavy atom. The van der Waals surface area contributed by atoms with Crippen molar-refractivity contribution < 1.29 is 10.2 Å². The SMILES string of the molecule is C.COC(C)(C)C.O.c1ccc2c(c1)NCC21CC1. The zero-order valence-electron chi connectivity index (χ0n) is 11.8. The number of hydrogen-bond acceptors (Lipinski definition) is 2. The average Bonchev–Trinajstić information content (AvgIpc) is 2.98. The number of anilines is 1. The molecule has 3 nitrogen and oxygen atoms in total. The lowest BCUT2D eigenvalue weighted by Gasteiger charge is -2.14. The molecule has 1 spiro atoms. The van der Waals surface area contributed by atoms with Crippen LogP contribution in [0.25, 0.3) is 0 Å². The van der Waals surface area contributed by atoms with Gasteiger partial charge in [-0.1, -0.05) is 25.6 Å². The molecule has 1 aromatic carbocycles. The van der Waals surface area contributed by atoms with Gasteiger partial charge in [-0.3, -0.25) is 0 Å². The molecular weight excluding hydrogens is 238 g/mol. The molecule has 1 aliphatic heterocycles. The summed E-state index contributed by atoms with van der Waals surface area (Å²) in [7, 11) is 1.71. The van der Waals surface area contributed by atoms with Crippen LogP contribution in [-0.4, -0.2) is 24.7 Å². The largest absolute Gasteiger partial charge is 0.412 e. The summed E-state index contributed by atoms with van der Waals surface area (Å²) in [4.78, 5) is 0. The summed E-state index contributed by atoms with van der Waals surface area (Å²) in [5, 5.41) is 3.45. The maximum Gasteiger partial charge on any atom is 0.0594 e. The summed E-state index contributed by atoms with van der Waals surface area (Å²) < 4.78 is 4.94. The number of rotatable bonds is 0. The van der Waals surface area contributed by atoms with Gasteiger partial charge in [0.05, 0.1) is 5.60 Å². The third-order valence-corrected chi connectivity index (χ3v) is 3.58. The Morgan fingerprint density at radius 3 is 2.16 bits per heavy atom. The first-order chi connectivity index (χ1) is 7.97. The van der Waals surface area contributed by atoms with Crippen LogP contribution in [0.4, 0.5) is 5.69 Å². The fourth-order valence-electron chi connectivity index (χ4n) is 2.06. The van der Waals surface area contributed by atoms with E-state index in [1.165, 1.54) is 25.1 Å². The summed E-state index contributed by atoms with van der Waals surface area (Å²) in [6.45, 7) is 7.24. The van der Waals surface area contributed by atoms with Gasteiger partial charge in [0.1, 0.15) is 0 Å². The Morgan fingerprint density at radius 2 is 1.68 bits per heavy atom. The molecule has 2 aliphatic rings. The first-order valence-electron chi connectivity index (χ1n) is 6.35. The van der Waals surface area contributed by atoms with E-state index in [0.717, 1.165) is 0 Å². The van der Waals surface area contributed by atoms with Crippen molar-refractivity contribution >= 4 is 5.69 Å². The fourth-order valence-corrected chi connectivity index (χ4v) is 2.06. The van der Waals surface area contributed by atoms with E-state index in [9.17, 15) is 0 Å². The first kappa shape index (κ1) is 17.9. The number of para-hydroxylation sites is 1. The molecule has 0 radical (unpaired) electrons. The molecule has 0 amide bonds. The summed E-state index contributed by atoms with van der Waals surface area (Å²) in [6.07, 6.45) is 2.77. The van der Waals surface area contributed by atoms with Crippen LogP contribution in [0.15, 0.2) is 24.3 Å². The molecule has 1 saturated carbocycles. The van der Waals surface area contributed by atoms with Crippen molar-refractivity contribution in [2.45, 2.75) is 52.1 Å². The molecule has 0 saturated heterocycles. The van der Waals surface area contributed by atoms with Gasteiger partial charge in [0.2, 0.25) is 0 Å². The second-order valence-electron chi connectivity index (χ2n) is 6.00. The van der Waals surface area contributed by atoms with Crippen LogP contribution in [0.2, 0.25) is 0 Å². The van der Waals surface area contributed by atoms with Crippen molar-refractivity contribution in [1.82, 2.24) is 0 Å². The highest BCUT2D eigenvalue weighted by atomic mass is 16.5. The molecule has 3 N–H and O–H groups in total. The minimum absolute atomic E-state index is 0. The molecule has 19 heavy (non-hydrogen) atoms. The zero-order valence-corrected chi connectivity index (χ0v) is 11.8. The number of nitrogens with one attached hydrogen (secondary N) is 1. The highest BCUT2D eigenvalue weighted by Gasteiger charge is 2.48.